The van der Waals surface area contributed by atoms with Gasteiger partial charge < -0.3 is 15.4 Å². The van der Waals surface area contributed by atoms with Crippen LogP contribution in [-0.4, -0.2) is 16.6 Å². The summed E-state index contributed by atoms with van der Waals surface area (Å²) in [6.07, 6.45) is 0. The van der Waals surface area contributed by atoms with Gasteiger partial charge in [-0.2, -0.15) is 4.98 Å². The van der Waals surface area contributed by atoms with Crippen LogP contribution in [0.3, 0.4) is 0 Å². The molecule has 0 saturated carbocycles. The smallest absolute Gasteiger partial charge is 0.229 e. The number of ether oxygens (including phenoxy) is 1. The lowest BCUT2D eigenvalue weighted by Gasteiger charge is -2.13. The van der Waals surface area contributed by atoms with Crippen LogP contribution >= 0.6 is 15.9 Å². The summed E-state index contributed by atoms with van der Waals surface area (Å²) >= 11 is 3.46. The van der Waals surface area contributed by atoms with Gasteiger partial charge in [0.1, 0.15) is 11.6 Å². The molecule has 3 rings (SSSR count). The topological polar surface area (TPSA) is 59.1 Å². The number of aromatic nitrogens is 2. The van der Waals surface area contributed by atoms with Crippen LogP contribution in [0.4, 0.5) is 23.1 Å². The lowest BCUT2D eigenvalue weighted by molar-refractivity contribution is 0.342. The van der Waals surface area contributed by atoms with Crippen molar-refractivity contribution < 1.29 is 4.74 Å². The Balaban J connectivity index is 1.85. The molecule has 0 amide bonds. The lowest BCUT2D eigenvalue weighted by atomic mass is 10.3. The van der Waals surface area contributed by atoms with Crippen LogP contribution in [0.1, 0.15) is 12.6 Å². The molecule has 6 heteroatoms. The van der Waals surface area contributed by atoms with Gasteiger partial charge in [-0.1, -0.05) is 34.1 Å². The van der Waals surface area contributed by atoms with E-state index in [-0.39, 0.29) is 0 Å². The molecule has 0 radical (unpaired) electrons. The molecule has 1 aromatic heterocycles. The molecule has 0 spiro atoms. The fourth-order valence-electron chi connectivity index (χ4n) is 2.37. The number of nitrogens with one attached hydrogen (secondary N) is 2. The Morgan fingerprint density at radius 3 is 2.64 bits per heavy atom. The molecule has 0 fully saturated rings. The van der Waals surface area contributed by atoms with Crippen LogP contribution < -0.4 is 15.4 Å². The van der Waals surface area contributed by atoms with Crippen molar-refractivity contribution in [2.45, 2.75) is 13.8 Å². The van der Waals surface area contributed by atoms with Crippen molar-refractivity contribution in [3.8, 4) is 5.75 Å². The zero-order chi connectivity index (χ0) is 17.6. The summed E-state index contributed by atoms with van der Waals surface area (Å²) < 4.78 is 6.65. The fourth-order valence-corrected chi connectivity index (χ4v) is 2.77. The third-order valence-electron chi connectivity index (χ3n) is 3.38. The van der Waals surface area contributed by atoms with E-state index in [0.717, 1.165) is 27.3 Å². The first-order valence-corrected chi connectivity index (χ1v) is 8.80. The second-order valence-electron chi connectivity index (χ2n) is 5.41. The van der Waals surface area contributed by atoms with E-state index in [1.807, 2.05) is 68.4 Å². The minimum atomic E-state index is 0.537. The van der Waals surface area contributed by atoms with Crippen LogP contribution in [-0.2, 0) is 0 Å². The Kier molecular flexibility index (Phi) is 5.50. The number of halogens is 1. The van der Waals surface area contributed by atoms with Crippen molar-refractivity contribution in [3.05, 3.63) is 64.8 Å². The Bertz CT molecular complexity index is 870. The predicted octanol–water partition coefficient (Wildman–Crippen LogP) is 5.43. The lowest BCUT2D eigenvalue weighted by Crippen LogP contribution is -2.03. The van der Waals surface area contributed by atoms with E-state index in [4.69, 9.17) is 4.74 Å². The van der Waals surface area contributed by atoms with E-state index >= 15 is 0 Å². The Morgan fingerprint density at radius 2 is 1.84 bits per heavy atom. The number of rotatable bonds is 6. The number of benzene rings is 2. The van der Waals surface area contributed by atoms with Gasteiger partial charge in [-0.15, -0.1) is 0 Å². The van der Waals surface area contributed by atoms with Crippen molar-refractivity contribution in [3.63, 3.8) is 0 Å². The van der Waals surface area contributed by atoms with Gasteiger partial charge in [-0.05, 0) is 44.2 Å². The average Bonchev–Trinajstić information content (AvgIpc) is 2.56. The summed E-state index contributed by atoms with van der Waals surface area (Å²) in [4.78, 5) is 9.00. The summed E-state index contributed by atoms with van der Waals surface area (Å²) in [5.74, 6) is 2.04. The number of nitrogens with zero attached hydrogens (tertiary/aromatic N) is 2. The van der Waals surface area contributed by atoms with Crippen molar-refractivity contribution in [2.24, 2.45) is 0 Å². The highest BCUT2D eigenvalue weighted by Gasteiger charge is 2.07. The van der Waals surface area contributed by atoms with E-state index in [1.54, 1.807) is 0 Å². The molecule has 25 heavy (non-hydrogen) atoms. The zero-order valence-corrected chi connectivity index (χ0v) is 15.7. The van der Waals surface area contributed by atoms with Crippen molar-refractivity contribution >= 4 is 39.1 Å². The maximum absolute atomic E-state index is 5.65. The van der Waals surface area contributed by atoms with Crippen LogP contribution in [0.15, 0.2) is 59.1 Å². The van der Waals surface area contributed by atoms with E-state index in [2.05, 4.69) is 36.5 Å². The summed E-state index contributed by atoms with van der Waals surface area (Å²) in [5, 5.41) is 6.54. The Labute approximate surface area is 155 Å². The number of hydrogen-bond acceptors (Lipinski definition) is 5. The first kappa shape index (κ1) is 17.2. The monoisotopic (exact) mass is 398 g/mol. The zero-order valence-electron chi connectivity index (χ0n) is 14.1. The van der Waals surface area contributed by atoms with Gasteiger partial charge in [0.15, 0.2) is 0 Å². The van der Waals surface area contributed by atoms with E-state index in [0.29, 0.717) is 18.4 Å². The predicted molar refractivity (Wildman–Crippen MR) is 105 cm³/mol. The molecule has 0 unspecified atom stereocenters. The molecule has 0 atom stereocenters. The number of anilines is 4. The summed E-state index contributed by atoms with van der Waals surface area (Å²) in [5.41, 5.74) is 2.65. The minimum Gasteiger partial charge on any atom is -0.492 e. The molecular formula is C19H19BrN4O. The largest absolute Gasteiger partial charge is 0.492 e. The van der Waals surface area contributed by atoms with Gasteiger partial charge in [0.05, 0.1) is 12.3 Å². The number of para-hydroxylation sites is 2. The molecule has 128 valence electrons. The molecule has 3 aromatic rings. The fraction of sp³-hybridized carbons (Fsp3) is 0.158. The van der Waals surface area contributed by atoms with Crippen molar-refractivity contribution in [1.82, 2.24) is 9.97 Å². The van der Waals surface area contributed by atoms with Crippen molar-refractivity contribution in [2.75, 3.05) is 17.2 Å². The highest BCUT2D eigenvalue weighted by atomic mass is 79.9. The Morgan fingerprint density at radius 1 is 1.00 bits per heavy atom. The number of aryl methyl sites for hydroxylation is 1. The summed E-state index contributed by atoms with van der Waals surface area (Å²) in [6, 6.07) is 17.6. The Hall–Kier alpha value is -2.60. The molecule has 5 nitrogen and oxygen atoms in total. The molecule has 1 heterocycles. The van der Waals surface area contributed by atoms with Crippen molar-refractivity contribution in [1.29, 1.82) is 0 Å². The average molecular weight is 399 g/mol. The molecule has 0 aliphatic heterocycles. The third-order valence-corrected chi connectivity index (χ3v) is 3.88. The van der Waals surface area contributed by atoms with Gasteiger partial charge in [-0.25, -0.2) is 4.98 Å². The van der Waals surface area contributed by atoms with E-state index in [9.17, 15) is 0 Å². The van der Waals surface area contributed by atoms with Gasteiger partial charge >= 0.3 is 0 Å². The normalized spacial score (nSPS) is 10.4. The molecular weight excluding hydrogens is 380 g/mol. The van der Waals surface area contributed by atoms with Gasteiger partial charge in [-0.3, -0.25) is 0 Å². The van der Waals surface area contributed by atoms with Crippen LogP contribution in [0.25, 0.3) is 0 Å². The molecule has 0 bridgehead atoms. The number of hydrogen-bond donors (Lipinski definition) is 2. The van der Waals surface area contributed by atoms with Gasteiger partial charge in [0.25, 0.3) is 0 Å². The molecule has 2 aromatic carbocycles. The standard InChI is InChI=1S/C19H19BrN4O/c1-3-25-17-10-5-4-9-16(17)23-18-11-13(2)21-19(24-18)22-15-8-6-7-14(20)12-15/h4-12H,3H2,1-2H3,(H2,21,22,23,24). The highest BCUT2D eigenvalue weighted by Crippen LogP contribution is 2.27. The first-order valence-electron chi connectivity index (χ1n) is 8.01. The maximum Gasteiger partial charge on any atom is 0.229 e. The molecule has 0 saturated heterocycles. The quantitative estimate of drug-likeness (QED) is 0.579. The molecule has 0 aliphatic rings. The highest BCUT2D eigenvalue weighted by molar-refractivity contribution is 9.10. The van der Waals surface area contributed by atoms with Crippen LogP contribution in [0.5, 0.6) is 5.75 Å². The van der Waals surface area contributed by atoms with Gasteiger partial charge in [0, 0.05) is 21.9 Å². The third kappa shape index (κ3) is 4.70. The molecule has 0 aliphatic carbocycles. The van der Waals surface area contributed by atoms with Crippen LogP contribution in [0, 0.1) is 6.92 Å². The second kappa shape index (κ2) is 7.98. The van der Waals surface area contributed by atoms with Gasteiger partial charge in [0.2, 0.25) is 5.95 Å². The van der Waals surface area contributed by atoms with Crippen LogP contribution in [0.2, 0.25) is 0 Å². The van der Waals surface area contributed by atoms with E-state index in [1.165, 1.54) is 0 Å². The first-order chi connectivity index (χ1) is 12.1. The second-order valence-corrected chi connectivity index (χ2v) is 6.32. The minimum absolute atomic E-state index is 0.537. The maximum atomic E-state index is 5.65. The molecule has 2 N–H and O–H groups in total. The summed E-state index contributed by atoms with van der Waals surface area (Å²) in [7, 11) is 0. The van der Waals surface area contributed by atoms with E-state index < -0.39 is 0 Å². The summed E-state index contributed by atoms with van der Waals surface area (Å²) in [6.45, 7) is 4.51. The SMILES string of the molecule is CCOc1ccccc1Nc1cc(C)nc(Nc2cccc(Br)c2)n1.